The molecule has 1 N–H and O–H groups in total. The highest BCUT2D eigenvalue weighted by Crippen LogP contribution is 2.07. The van der Waals surface area contributed by atoms with Gasteiger partial charge in [0, 0.05) is 25.7 Å². The van der Waals surface area contributed by atoms with Crippen LogP contribution in [0.15, 0.2) is 0 Å². The van der Waals surface area contributed by atoms with Gasteiger partial charge in [0.25, 0.3) is 0 Å². The molecule has 0 aromatic carbocycles. The zero-order valence-electron chi connectivity index (χ0n) is 10.5. The summed E-state index contributed by atoms with van der Waals surface area (Å²) in [4.78, 5) is 2.50. The first-order chi connectivity index (χ1) is 7.74. The number of ether oxygens (including phenoxy) is 1. The highest BCUT2D eigenvalue weighted by Gasteiger charge is 2.21. The molecule has 1 heterocycles. The molecule has 1 aliphatic rings. The monoisotopic (exact) mass is 340 g/mol. The fourth-order valence-corrected chi connectivity index (χ4v) is 2.48. The molecule has 1 atom stereocenters. The molecule has 0 aromatic rings. The zero-order chi connectivity index (χ0) is 11.8. The first-order valence-corrected chi connectivity index (χ1v) is 7.89. The first-order valence-electron chi connectivity index (χ1n) is 6.36. The van der Waals surface area contributed by atoms with Crippen LogP contribution in [0.1, 0.15) is 26.7 Å². The lowest BCUT2D eigenvalue weighted by molar-refractivity contribution is -0.0370. The molecule has 0 saturated carbocycles. The van der Waals surface area contributed by atoms with Crippen molar-refractivity contribution >= 4 is 22.6 Å². The Bertz CT molecular complexity index is 178. The maximum Gasteiger partial charge on any atom is 0.0826 e. The van der Waals surface area contributed by atoms with Crippen molar-refractivity contribution in [3.05, 3.63) is 0 Å². The third kappa shape index (κ3) is 5.80. The van der Waals surface area contributed by atoms with Crippen LogP contribution in [0.25, 0.3) is 0 Å². The van der Waals surface area contributed by atoms with Gasteiger partial charge >= 0.3 is 0 Å². The van der Waals surface area contributed by atoms with Crippen LogP contribution in [0.4, 0.5) is 0 Å². The molecule has 1 saturated heterocycles. The highest BCUT2D eigenvalue weighted by atomic mass is 127. The number of unbranched alkanes of at least 4 members (excludes halogenated alkanes) is 1. The first kappa shape index (κ1) is 14.7. The fraction of sp³-hybridized carbons (Fsp3) is 1.00. The summed E-state index contributed by atoms with van der Waals surface area (Å²) in [6, 6.07) is 0.644. The molecule has 1 rings (SSSR count). The van der Waals surface area contributed by atoms with E-state index in [0.717, 1.165) is 32.8 Å². The largest absolute Gasteiger partial charge is 0.374 e. The minimum Gasteiger partial charge on any atom is -0.374 e. The van der Waals surface area contributed by atoms with Crippen molar-refractivity contribution < 1.29 is 4.74 Å². The van der Waals surface area contributed by atoms with Gasteiger partial charge in [0.1, 0.15) is 0 Å². The van der Waals surface area contributed by atoms with Crippen molar-refractivity contribution in [3.63, 3.8) is 0 Å². The van der Waals surface area contributed by atoms with Gasteiger partial charge in [-0.3, -0.25) is 4.90 Å². The summed E-state index contributed by atoms with van der Waals surface area (Å²) in [5.74, 6) is 0. The average Bonchev–Trinajstić information content (AvgIpc) is 2.29. The number of morpholine rings is 1. The van der Waals surface area contributed by atoms with Crippen molar-refractivity contribution in [1.29, 1.82) is 0 Å². The van der Waals surface area contributed by atoms with E-state index < -0.39 is 0 Å². The Morgan fingerprint density at radius 2 is 2.25 bits per heavy atom. The number of alkyl halides is 1. The van der Waals surface area contributed by atoms with E-state index >= 15 is 0 Å². The van der Waals surface area contributed by atoms with Crippen LogP contribution >= 0.6 is 22.6 Å². The SMILES string of the molecule is CC(C)N1CCOC(CNCCCCI)C1. The molecular formula is C12H25IN2O. The summed E-state index contributed by atoms with van der Waals surface area (Å²) < 4.78 is 7.02. The number of hydrogen-bond acceptors (Lipinski definition) is 3. The maximum absolute atomic E-state index is 5.76. The molecule has 16 heavy (non-hydrogen) atoms. The predicted octanol–water partition coefficient (Wildman–Crippen LogP) is 1.90. The summed E-state index contributed by atoms with van der Waals surface area (Å²) in [5, 5.41) is 3.49. The molecule has 1 unspecified atom stereocenters. The number of rotatable bonds is 7. The van der Waals surface area contributed by atoms with Crippen LogP contribution in [0.3, 0.4) is 0 Å². The highest BCUT2D eigenvalue weighted by molar-refractivity contribution is 14.1. The Morgan fingerprint density at radius 3 is 2.94 bits per heavy atom. The Morgan fingerprint density at radius 1 is 1.44 bits per heavy atom. The molecule has 4 heteroatoms. The third-order valence-electron chi connectivity index (χ3n) is 3.01. The lowest BCUT2D eigenvalue weighted by Crippen LogP contribution is -2.49. The fourth-order valence-electron chi connectivity index (χ4n) is 1.94. The van der Waals surface area contributed by atoms with E-state index in [1.165, 1.54) is 17.3 Å². The van der Waals surface area contributed by atoms with E-state index in [-0.39, 0.29) is 0 Å². The van der Waals surface area contributed by atoms with E-state index in [2.05, 4.69) is 46.7 Å². The average molecular weight is 340 g/mol. The van der Waals surface area contributed by atoms with Crippen molar-refractivity contribution in [2.24, 2.45) is 0 Å². The van der Waals surface area contributed by atoms with Crippen LogP contribution in [0.5, 0.6) is 0 Å². The Balaban J connectivity index is 2.07. The molecule has 0 aliphatic carbocycles. The molecule has 0 radical (unpaired) electrons. The van der Waals surface area contributed by atoms with Gasteiger partial charge in [-0.1, -0.05) is 22.6 Å². The third-order valence-corrected chi connectivity index (χ3v) is 3.77. The summed E-state index contributed by atoms with van der Waals surface area (Å²) in [5.41, 5.74) is 0. The summed E-state index contributed by atoms with van der Waals surface area (Å²) >= 11 is 2.43. The van der Waals surface area contributed by atoms with Gasteiger partial charge in [-0.15, -0.1) is 0 Å². The smallest absolute Gasteiger partial charge is 0.0826 e. The molecule has 0 spiro atoms. The van der Waals surface area contributed by atoms with Crippen molar-refractivity contribution in [2.45, 2.75) is 38.8 Å². The van der Waals surface area contributed by atoms with E-state index in [0.29, 0.717) is 12.1 Å². The van der Waals surface area contributed by atoms with Gasteiger partial charge < -0.3 is 10.1 Å². The molecule has 1 aliphatic heterocycles. The number of halogens is 1. The lowest BCUT2D eigenvalue weighted by Gasteiger charge is -2.35. The molecule has 0 aromatic heterocycles. The number of hydrogen-bond donors (Lipinski definition) is 1. The molecular weight excluding hydrogens is 315 g/mol. The Hall–Kier alpha value is 0.610. The number of nitrogens with one attached hydrogen (secondary N) is 1. The molecule has 0 bridgehead atoms. The summed E-state index contributed by atoms with van der Waals surface area (Å²) in [6.45, 7) is 9.71. The standard InChI is InChI=1S/C12H25IN2O/c1-11(2)15-7-8-16-12(10-15)9-14-6-4-3-5-13/h11-12,14H,3-10H2,1-2H3. The van der Waals surface area contributed by atoms with E-state index in [4.69, 9.17) is 4.74 Å². The molecule has 1 fully saturated rings. The van der Waals surface area contributed by atoms with Crippen LogP contribution in [-0.2, 0) is 4.74 Å². The van der Waals surface area contributed by atoms with Crippen LogP contribution < -0.4 is 5.32 Å². The summed E-state index contributed by atoms with van der Waals surface area (Å²) in [7, 11) is 0. The van der Waals surface area contributed by atoms with Gasteiger partial charge in [-0.25, -0.2) is 0 Å². The Kier molecular flexibility index (Phi) is 7.94. The minimum absolute atomic E-state index is 0.385. The molecule has 0 amide bonds. The van der Waals surface area contributed by atoms with Gasteiger partial charge in [-0.05, 0) is 37.7 Å². The second-order valence-electron chi connectivity index (χ2n) is 4.68. The number of nitrogens with zero attached hydrogens (tertiary/aromatic N) is 1. The molecule has 3 nitrogen and oxygen atoms in total. The minimum atomic E-state index is 0.385. The summed E-state index contributed by atoms with van der Waals surface area (Å²) in [6.07, 6.45) is 2.98. The van der Waals surface area contributed by atoms with Gasteiger partial charge in [-0.2, -0.15) is 0 Å². The van der Waals surface area contributed by atoms with Crippen molar-refractivity contribution in [3.8, 4) is 0 Å². The van der Waals surface area contributed by atoms with Gasteiger partial charge in [0.15, 0.2) is 0 Å². The van der Waals surface area contributed by atoms with Crippen LogP contribution in [0, 0.1) is 0 Å². The maximum atomic E-state index is 5.76. The van der Waals surface area contributed by atoms with E-state index in [1.54, 1.807) is 0 Å². The quantitative estimate of drug-likeness (QED) is 0.435. The lowest BCUT2D eigenvalue weighted by atomic mass is 10.2. The van der Waals surface area contributed by atoms with E-state index in [1.807, 2.05) is 0 Å². The van der Waals surface area contributed by atoms with Gasteiger partial charge in [0.05, 0.1) is 12.7 Å². The van der Waals surface area contributed by atoms with Crippen LogP contribution in [-0.4, -0.2) is 54.3 Å². The van der Waals surface area contributed by atoms with E-state index in [9.17, 15) is 0 Å². The van der Waals surface area contributed by atoms with Crippen molar-refractivity contribution in [2.75, 3.05) is 37.2 Å². The molecule has 96 valence electrons. The second kappa shape index (κ2) is 8.66. The normalized spacial score (nSPS) is 22.9. The second-order valence-corrected chi connectivity index (χ2v) is 5.76. The van der Waals surface area contributed by atoms with Crippen LogP contribution in [0.2, 0.25) is 0 Å². The zero-order valence-corrected chi connectivity index (χ0v) is 12.7. The van der Waals surface area contributed by atoms with Gasteiger partial charge in [0.2, 0.25) is 0 Å². The van der Waals surface area contributed by atoms with Crippen molar-refractivity contribution in [1.82, 2.24) is 10.2 Å². The predicted molar refractivity (Wildman–Crippen MR) is 77.4 cm³/mol. The Labute approximate surface area is 113 Å². The topological polar surface area (TPSA) is 24.5 Å².